The molecule has 0 spiro atoms. The Kier molecular flexibility index (Phi) is 4.29. The van der Waals surface area contributed by atoms with Gasteiger partial charge < -0.3 is 11.1 Å². The minimum Gasteiger partial charge on any atom is -0.347 e. The Hall–Kier alpha value is -2.21. The average molecular weight is 339 g/mol. The zero-order valence-corrected chi connectivity index (χ0v) is 14.6. The Balaban J connectivity index is 1.53. The Bertz CT molecular complexity index is 742. The van der Waals surface area contributed by atoms with Crippen LogP contribution in [0.1, 0.15) is 48.3 Å². The summed E-state index contributed by atoms with van der Waals surface area (Å²) < 4.78 is 1.71. The van der Waals surface area contributed by atoms with E-state index in [1.54, 1.807) is 4.68 Å². The fourth-order valence-electron chi connectivity index (χ4n) is 4.60. The van der Waals surface area contributed by atoms with Crippen LogP contribution in [0.2, 0.25) is 0 Å². The van der Waals surface area contributed by atoms with Crippen LogP contribution in [0.5, 0.6) is 0 Å². The fraction of sp³-hybridized carbons (Fsp3) is 0.526. The third-order valence-corrected chi connectivity index (χ3v) is 5.78. The van der Waals surface area contributed by atoms with Crippen molar-refractivity contribution in [1.29, 1.82) is 0 Å². The van der Waals surface area contributed by atoms with Crippen LogP contribution in [0.15, 0.2) is 30.3 Å². The van der Waals surface area contributed by atoms with Gasteiger partial charge in [0.25, 0.3) is 5.91 Å². The predicted octanol–water partition coefficient (Wildman–Crippen LogP) is 2.21. The Labute approximate surface area is 147 Å². The summed E-state index contributed by atoms with van der Waals surface area (Å²) >= 11 is 0. The normalized spacial score (nSPS) is 28.6. The lowest BCUT2D eigenvalue weighted by Gasteiger charge is -2.45. The zero-order chi connectivity index (χ0) is 17.4. The van der Waals surface area contributed by atoms with Crippen LogP contribution in [0.4, 0.5) is 0 Å². The van der Waals surface area contributed by atoms with E-state index in [9.17, 15) is 4.79 Å². The Morgan fingerprint density at radius 3 is 2.56 bits per heavy atom. The lowest BCUT2D eigenvalue weighted by Crippen LogP contribution is -2.53. The molecule has 1 aromatic heterocycles. The van der Waals surface area contributed by atoms with Gasteiger partial charge in [-0.2, -0.15) is 0 Å². The van der Waals surface area contributed by atoms with Gasteiger partial charge in [-0.05, 0) is 56.6 Å². The fourth-order valence-corrected chi connectivity index (χ4v) is 4.60. The number of fused-ring (bicyclic) bond motifs is 2. The molecule has 2 atom stereocenters. The number of nitrogens with zero attached hydrogens (tertiary/aromatic N) is 3. The molecule has 2 aliphatic rings. The standard InChI is InChI=1S/C19H25N5O/c1-12-17(22-23-24(12)16-8-3-2-4-9-16)19(25)21-18-13-6-5-7-14(18)11-15(20)10-13/h2-4,8-9,13-15,18H,5-7,10-11,20H2,1H3,(H,21,25). The highest BCUT2D eigenvalue weighted by molar-refractivity contribution is 5.93. The van der Waals surface area contributed by atoms with Gasteiger partial charge in [0.1, 0.15) is 0 Å². The van der Waals surface area contributed by atoms with Crippen molar-refractivity contribution in [3.63, 3.8) is 0 Å². The lowest BCUT2D eigenvalue weighted by atomic mass is 9.67. The summed E-state index contributed by atoms with van der Waals surface area (Å²) in [7, 11) is 0. The molecule has 1 amide bonds. The number of hydrogen-bond acceptors (Lipinski definition) is 4. The van der Waals surface area contributed by atoms with E-state index in [-0.39, 0.29) is 18.0 Å². The summed E-state index contributed by atoms with van der Waals surface area (Å²) in [4.78, 5) is 12.8. The van der Waals surface area contributed by atoms with Crippen molar-refractivity contribution >= 4 is 5.91 Å². The maximum Gasteiger partial charge on any atom is 0.274 e. The molecule has 2 unspecified atom stereocenters. The van der Waals surface area contributed by atoms with Gasteiger partial charge in [-0.25, -0.2) is 4.68 Å². The van der Waals surface area contributed by atoms with Crippen molar-refractivity contribution in [3.8, 4) is 5.69 Å². The maximum atomic E-state index is 12.8. The molecule has 1 heterocycles. The smallest absolute Gasteiger partial charge is 0.274 e. The van der Waals surface area contributed by atoms with Crippen molar-refractivity contribution < 1.29 is 4.79 Å². The van der Waals surface area contributed by atoms with E-state index in [4.69, 9.17) is 5.73 Å². The topological polar surface area (TPSA) is 85.8 Å². The molecule has 2 bridgehead atoms. The van der Waals surface area contributed by atoms with Gasteiger partial charge in [-0.1, -0.05) is 29.8 Å². The summed E-state index contributed by atoms with van der Waals surface area (Å²) in [5.74, 6) is 0.879. The van der Waals surface area contributed by atoms with Crippen molar-refractivity contribution in [1.82, 2.24) is 20.3 Å². The third kappa shape index (κ3) is 3.06. The first-order chi connectivity index (χ1) is 12.1. The molecule has 25 heavy (non-hydrogen) atoms. The van der Waals surface area contributed by atoms with Gasteiger partial charge in [0.05, 0.1) is 11.4 Å². The quantitative estimate of drug-likeness (QED) is 0.898. The molecular weight excluding hydrogens is 314 g/mol. The SMILES string of the molecule is Cc1c(C(=O)NC2C3CCCC2CC(N)C3)nnn1-c1ccccc1. The van der Waals surface area contributed by atoms with Crippen molar-refractivity contribution in [2.24, 2.45) is 17.6 Å². The van der Waals surface area contributed by atoms with Gasteiger partial charge >= 0.3 is 0 Å². The summed E-state index contributed by atoms with van der Waals surface area (Å²) in [5.41, 5.74) is 8.27. The lowest BCUT2D eigenvalue weighted by molar-refractivity contribution is 0.0751. The van der Waals surface area contributed by atoms with E-state index in [1.807, 2.05) is 37.3 Å². The number of benzene rings is 1. The molecule has 6 nitrogen and oxygen atoms in total. The molecule has 2 saturated carbocycles. The Morgan fingerprint density at radius 2 is 1.88 bits per heavy atom. The molecule has 0 saturated heterocycles. The van der Waals surface area contributed by atoms with Gasteiger partial charge in [-0.3, -0.25) is 4.79 Å². The zero-order valence-electron chi connectivity index (χ0n) is 14.6. The minimum atomic E-state index is -0.114. The number of nitrogens with two attached hydrogens (primary N) is 1. The molecule has 2 aromatic rings. The summed E-state index contributed by atoms with van der Waals surface area (Å²) in [5, 5.41) is 11.6. The van der Waals surface area contributed by atoms with Crippen LogP contribution in [0, 0.1) is 18.8 Å². The highest BCUT2D eigenvalue weighted by Gasteiger charge is 2.40. The molecule has 4 rings (SSSR count). The highest BCUT2D eigenvalue weighted by atomic mass is 16.2. The summed E-state index contributed by atoms with van der Waals surface area (Å²) in [6, 6.07) is 10.3. The number of amides is 1. The highest BCUT2D eigenvalue weighted by Crippen LogP contribution is 2.39. The number of nitrogens with one attached hydrogen (secondary N) is 1. The molecule has 1 aromatic carbocycles. The number of aromatic nitrogens is 3. The molecule has 0 aliphatic heterocycles. The van der Waals surface area contributed by atoms with Gasteiger partial charge in [0, 0.05) is 12.1 Å². The van der Waals surface area contributed by atoms with E-state index in [1.165, 1.54) is 6.42 Å². The Morgan fingerprint density at radius 1 is 1.20 bits per heavy atom. The van der Waals surface area contributed by atoms with Gasteiger partial charge in [0.15, 0.2) is 5.69 Å². The van der Waals surface area contributed by atoms with Crippen LogP contribution < -0.4 is 11.1 Å². The van der Waals surface area contributed by atoms with Gasteiger partial charge in [-0.15, -0.1) is 5.10 Å². The average Bonchev–Trinajstić information content (AvgIpc) is 2.98. The van der Waals surface area contributed by atoms with Crippen LogP contribution >= 0.6 is 0 Å². The van der Waals surface area contributed by atoms with Crippen molar-refractivity contribution in [2.75, 3.05) is 0 Å². The number of carbonyl (C=O) groups is 1. The molecule has 2 fully saturated rings. The third-order valence-electron chi connectivity index (χ3n) is 5.78. The maximum absolute atomic E-state index is 12.8. The van der Waals surface area contributed by atoms with Gasteiger partial charge in [0.2, 0.25) is 0 Å². The second-order valence-corrected chi connectivity index (χ2v) is 7.45. The van der Waals surface area contributed by atoms with E-state index < -0.39 is 0 Å². The van der Waals surface area contributed by atoms with Crippen LogP contribution in [-0.4, -0.2) is 33.0 Å². The van der Waals surface area contributed by atoms with E-state index in [2.05, 4.69) is 15.6 Å². The second-order valence-electron chi connectivity index (χ2n) is 7.45. The summed E-state index contributed by atoms with van der Waals surface area (Å²) in [6.07, 6.45) is 5.58. The van der Waals surface area contributed by atoms with E-state index >= 15 is 0 Å². The number of para-hydroxylation sites is 1. The first kappa shape index (κ1) is 16.3. The molecule has 2 aliphatic carbocycles. The number of carbonyl (C=O) groups excluding carboxylic acids is 1. The number of hydrogen-bond donors (Lipinski definition) is 2. The summed E-state index contributed by atoms with van der Waals surface area (Å²) in [6.45, 7) is 1.89. The first-order valence-corrected chi connectivity index (χ1v) is 9.17. The van der Waals surface area contributed by atoms with Crippen LogP contribution in [0.3, 0.4) is 0 Å². The van der Waals surface area contributed by atoms with E-state index in [0.717, 1.165) is 37.1 Å². The van der Waals surface area contributed by atoms with Crippen molar-refractivity contribution in [3.05, 3.63) is 41.7 Å². The largest absolute Gasteiger partial charge is 0.347 e. The molecule has 3 N–H and O–H groups in total. The van der Waals surface area contributed by atoms with Crippen LogP contribution in [0.25, 0.3) is 5.69 Å². The minimum absolute atomic E-state index is 0.114. The number of rotatable bonds is 3. The van der Waals surface area contributed by atoms with Crippen LogP contribution in [-0.2, 0) is 0 Å². The van der Waals surface area contributed by atoms with Crippen molar-refractivity contribution in [2.45, 2.75) is 51.1 Å². The predicted molar refractivity (Wildman–Crippen MR) is 95.4 cm³/mol. The first-order valence-electron chi connectivity index (χ1n) is 9.17. The molecular formula is C19H25N5O. The molecule has 132 valence electrons. The van der Waals surface area contributed by atoms with E-state index in [0.29, 0.717) is 17.5 Å². The monoisotopic (exact) mass is 339 g/mol. The molecule has 0 radical (unpaired) electrons. The molecule has 6 heteroatoms. The second kappa shape index (κ2) is 6.59.